The quantitative estimate of drug-likeness (QED) is 0.761. The number of rotatable bonds is 8. The van der Waals surface area contributed by atoms with Crippen molar-refractivity contribution in [3.63, 3.8) is 0 Å². The van der Waals surface area contributed by atoms with Crippen LogP contribution in [-0.2, 0) is 0 Å². The maximum Gasteiger partial charge on any atom is 0.123 e. The first kappa shape index (κ1) is 15.9. The molecule has 0 aromatic heterocycles. The number of hydrogen-bond acceptors (Lipinski definition) is 3. The van der Waals surface area contributed by atoms with Gasteiger partial charge in [0.15, 0.2) is 0 Å². The lowest BCUT2D eigenvalue weighted by molar-refractivity contribution is 0.301. The van der Waals surface area contributed by atoms with Gasteiger partial charge >= 0.3 is 0 Å². The topological polar surface area (TPSA) is 35.5 Å². The average molecular weight is 268 g/mol. The highest BCUT2D eigenvalue weighted by molar-refractivity contribution is 5.55. The van der Waals surface area contributed by atoms with E-state index in [1.54, 1.807) is 6.07 Å². The molecule has 0 aliphatic rings. The molecular formula is C15H25FN2O. The van der Waals surface area contributed by atoms with Gasteiger partial charge in [-0.3, -0.25) is 0 Å². The van der Waals surface area contributed by atoms with Crippen molar-refractivity contribution >= 4 is 5.69 Å². The van der Waals surface area contributed by atoms with Gasteiger partial charge in [-0.25, -0.2) is 4.39 Å². The second-order valence-electron chi connectivity index (χ2n) is 4.78. The van der Waals surface area contributed by atoms with Crippen LogP contribution in [-0.4, -0.2) is 31.9 Å². The van der Waals surface area contributed by atoms with Crippen LogP contribution in [0.2, 0.25) is 0 Å². The van der Waals surface area contributed by atoms with Gasteiger partial charge in [0, 0.05) is 24.8 Å². The second-order valence-corrected chi connectivity index (χ2v) is 4.78. The number of anilines is 1. The summed E-state index contributed by atoms with van der Waals surface area (Å²) in [5.41, 5.74) is 1.94. The molecule has 0 radical (unpaired) electrons. The van der Waals surface area contributed by atoms with E-state index in [1.807, 2.05) is 20.0 Å². The van der Waals surface area contributed by atoms with Gasteiger partial charge < -0.3 is 15.3 Å². The Morgan fingerprint density at radius 3 is 2.68 bits per heavy atom. The Bertz CT molecular complexity index is 384. The van der Waals surface area contributed by atoms with Gasteiger partial charge in [-0.05, 0) is 44.2 Å². The van der Waals surface area contributed by atoms with Crippen LogP contribution >= 0.6 is 0 Å². The Balaban J connectivity index is 3.05. The molecule has 0 aliphatic heterocycles. The summed E-state index contributed by atoms with van der Waals surface area (Å²) in [5.74, 6) is -0.222. The Hall–Kier alpha value is -1.13. The molecule has 1 unspecified atom stereocenters. The molecule has 0 aliphatic carbocycles. The van der Waals surface area contributed by atoms with Gasteiger partial charge in [0.25, 0.3) is 0 Å². The molecule has 0 saturated heterocycles. The lowest BCUT2D eigenvalue weighted by atomic mass is 10.0. The normalized spacial score (nSPS) is 12.5. The smallest absolute Gasteiger partial charge is 0.123 e. The molecule has 1 rings (SSSR count). The Kier molecular flexibility index (Phi) is 6.81. The minimum Gasteiger partial charge on any atom is -0.395 e. The minimum atomic E-state index is -0.222. The zero-order valence-electron chi connectivity index (χ0n) is 12.1. The van der Waals surface area contributed by atoms with Crippen LogP contribution in [0.25, 0.3) is 0 Å². The predicted octanol–water partition coefficient (Wildman–Crippen LogP) is 2.70. The molecule has 19 heavy (non-hydrogen) atoms. The molecule has 1 aromatic carbocycles. The number of benzene rings is 1. The van der Waals surface area contributed by atoms with Crippen LogP contribution in [0, 0.1) is 5.82 Å². The Labute approximate surface area is 115 Å². The van der Waals surface area contributed by atoms with Crippen molar-refractivity contribution < 1.29 is 9.50 Å². The van der Waals surface area contributed by atoms with Crippen LogP contribution < -0.4 is 10.2 Å². The van der Waals surface area contributed by atoms with Crippen molar-refractivity contribution in [2.24, 2.45) is 0 Å². The Morgan fingerprint density at radius 2 is 2.11 bits per heavy atom. The molecule has 0 heterocycles. The molecule has 1 atom stereocenters. The van der Waals surface area contributed by atoms with Crippen LogP contribution in [0.4, 0.5) is 10.1 Å². The van der Waals surface area contributed by atoms with E-state index in [4.69, 9.17) is 0 Å². The van der Waals surface area contributed by atoms with Crippen molar-refractivity contribution in [2.75, 3.05) is 31.6 Å². The molecule has 4 heteroatoms. The first-order valence-corrected chi connectivity index (χ1v) is 6.96. The fourth-order valence-corrected chi connectivity index (χ4v) is 2.14. The summed E-state index contributed by atoms with van der Waals surface area (Å²) in [4.78, 5) is 2.13. The maximum absolute atomic E-state index is 13.4. The van der Waals surface area contributed by atoms with Crippen LogP contribution in [0.3, 0.4) is 0 Å². The molecule has 3 nitrogen and oxygen atoms in total. The number of aliphatic hydroxyl groups excluding tert-OH is 1. The van der Waals surface area contributed by atoms with E-state index in [0.717, 1.165) is 30.6 Å². The van der Waals surface area contributed by atoms with Crippen LogP contribution in [0.1, 0.15) is 38.3 Å². The number of unbranched alkanes of at least 4 members (excludes halogenated alkanes) is 1. The van der Waals surface area contributed by atoms with Crippen molar-refractivity contribution in [3.8, 4) is 0 Å². The SMILES string of the molecule is CCCCN(CCO)c1ccc(F)cc1C(C)NC. The first-order valence-electron chi connectivity index (χ1n) is 6.96. The third kappa shape index (κ3) is 4.48. The molecular weight excluding hydrogens is 243 g/mol. The maximum atomic E-state index is 13.4. The highest BCUT2D eigenvalue weighted by atomic mass is 19.1. The molecule has 2 N–H and O–H groups in total. The lowest BCUT2D eigenvalue weighted by Gasteiger charge is -2.28. The molecule has 0 amide bonds. The van der Waals surface area contributed by atoms with Crippen molar-refractivity contribution in [3.05, 3.63) is 29.6 Å². The van der Waals surface area contributed by atoms with E-state index in [-0.39, 0.29) is 18.5 Å². The summed E-state index contributed by atoms with van der Waals surface area (Å²) < 4.78 is 13.4. The zero-order valence-corrected chi connectivity index (χ0v) is 12.1. The molecule has 0 fully saturated rings. The summed E-state index contributed by atoms with van der Waals surface area (Å²) in [5, 5.41) is 12.4. The van der Waals surface area contributed by atoms with Gasteiger partial charge in [0.05, 0.1) is 6.61 Å². The average Bonchev–Trinajstić information content (AvgIpc) is 2.42. The molecule has 0 saturated carbocycles. The largest absolute Gasteiger partial charge is 0.395 e. The van der Waals surface area contributed by atoms with Crippen LogP contribution in [0.15, 0.2) is 18.2 Å². The van der Waals surface area contributed by atoms with E-state index in [2.05, 4.69) is 17.1 Å². The Morgan fingerprint density at radius 1 is 1.37 bits per heavy atom. The number of hydrogen-bond donors (Lipinski definition) is 2. The molecule has 0 spiro atoms. The number of halogens is 1. The highest BCUT2D eigenvalue weighted by Crippen LogP contribution is 2.27. The van der Waals surface area contributed by atoms with E-state index in [0.29, 0.717) is 6.54 Å². The van der Waals surface area contributed by atoms with Crippen LogP contribution in [0.5, 0.6) is 0 Å². The van der Waals surface area contributed by atoms with E-state index >= 15 is 0 Å². The van der Waals surface area contributed by atoms with E-state index in [9.17, 15) is 9.50 Å². The van der Waals surface area contributed by atoms with Crippen molar-refractivity contribution in [2.45, 2.75) is 32.7 Å². The molecule has 0 bridgehead atoms. The standard InChI is InChI=1S/C15H25FN2O/c1-4-5-8-18(9-10-19)15-7-6-13(16)11-14(15)12(2)17-3/h6-7,11-12,17,19H,4-5,8-10H2,1-3H3. The summed E-state index contributed by atoms with van der Waals surface area (Å²) in [7, 11) is 1.86. The summed E-state index contributed by atoms with van der Waals surface area (Å²) >= 11 is 0. The van der Waals surface area contributed by atoms with E-state index in [1.165, 1.54) is 6.07 Å². The number of nitrogens with zero attached hydrogens (tertiary/aromatic N) is 1. The van der Waals surface area contributed by atoms with Gasteiger partial charge in [0.2, 0.25) is 0 Å². The molecule has 1 aromatic rings. The lowest BCUT2D eigenvalue weighted by Crippen LogP contribution is -2.30. The minimum absolute atomic E-state index is 0.0773. The summed E-state index contributed by atoms with van der Waals surface area (Å²) in [6.45, 7) is 5.71. The van der Waals surface area contributed by atoms with Gasteiger partial charge in [-0.1, -0.05) is 13.3 Å². The number of nitrogens with one attached hydrogen (secondary N) is 1. The third-order valence-corrected chi connectivity index (χ3v) is 3.38. The van der Waals surface area contributed by atoms with Gasteiger partial charge in [-0.2, -0.15) is 0 Å². The second kappa shape index (κ2) is 8.12. The zero-order chi connectivity index (χ0) is 14.3. The fourth-order valence-electron chi connectivity index (χ4n) is 2.14. The number of aliphatic hydroxyl groups is 1. The molecule has 108 valence electrons. The van der Waals surface area contributed by atoms with Gasteiger partial charge in [0.1, 0.15) is 5.82 Å². The predicted molar refractivity (Wildman–Crippen MR) is 78.1 cm³/mol. The third-order valence-electron chi connectivity index (χ3n) is 3.38. The first-order chi connectivity index (χ1) is 9.13. The van der Waals surface area contributed by atoms with Gasteiger partial charge in [-0.15, -0.1) is 0 Å². The monoisotopic (exact) mass is 268 g/mol. The van der Waals surface area contributed by atoms with Crippen molar-refractivity contribution in [1.82, 2.24) is 5.32 Å². The highest BCUT2D eigenvalue weighted by Gasteiger charge is 2.15. The van der Waals surface area contributed by atoms with E-state index < -0.39 is 0 Å². The van der Waals surface area contributed by atoms with Crippen molar-refractivity contribution in [1.29, 1.82) is 0 Å². The summed E-state index contributed by atoms with van der Waals surface area (Å²) in [6, 6.07) is 4.95. The summed E-state index contributed by atoms with van der Waals surface area (Å²) in [6.07, 6.45) is 2.16. The fraction of sp³-hybridized carbons (Fsp3) is 0.600.